The van der Waals surface area contributed by atoms with E-state index in [0.717, 1.165) is 30.6 Å². The fraction of sp³-hybridized carbons (Fsp3) is 0.333. The molecule has 0 aliphatic rings. The number of nitrogens with zero attached hydrogens (tertiary/aromatic N) is 3. The highest BCUT2D eigenvalue weighted by Gasteiger charge is 2.10. The van der Waals surface area contributed by atoms with Gasteiger partial charge in [-0.1, -0.05) is 18.2 Å². The van der Waals surface area contributed by atoms with Crippen LogP contribution in [0.25, 0.3) is 0 Å². The van der Waals surface area contributed by atoms with Gasteiger partial charge in [0.15, 0.2) is 0 Å². The summed E-state index contributed by atoms with van der Waals surface area (Å²) in [6.45, 7) is 1.61. The number of likely N-dealkylation sites (N-methyl/N-ethyl adjacent to an activating group) is 1. The Labute approximate surface area is 118 Å². The Morgan fingerprint density at radius 1 is 1.40 bits per heavy atom. The van der Waals surface area contributed by atoms with Crippen LogP contribution in [0.1, 0.15) is 21.5 Å². The molecule has 20 heavy (non-hydrogen) atoms. The SMILES string of the molecule is CN(CCc1ccccc1C(=O)O)Cc1cnn(C)c1. The van der Waals surface area contributed by atoms with Crippen molar-refractivity contribution in [1.29, 1.82) is 0 Å². The number of carbonyl (C=O) groups is 1. The van der Waals surface area contributed by atoms with E-state index in [1.54, 1.807) is 16.8 Å². The maximum atomic E-state index is 11.1. The Bertz CT molecular complexity index is 592. The van der Waals surface area contributed by atoms with Gasteiger partial charge >= 0.3 is 5.97 Å². The predicted molar refractivity (Wildman–Crippen MR) is 76.6 cm³/mol. The van der Waals surface area contributed by atoms with E-state index in [0.29, 0.717) is 5.56 Å². The summed E-state index contributed by atoms with van der Waals surface area (Å²) < 4.78 is 1.78. The Hall–Kier alpha value is -2.14. The van der Waals surface area contributed by atoms with Crippen LogP contribution in [0.3, 0.4) is 0 Å². The molecule has 0 spiro atoms. The first kappa shape index (κ1) is 14.3. The van der Waals surface area contributed by atoms with Gasteiger partial charge in [-0.2, -0.15) is 5.10 Å². The third-order valence-corrected chi connectivity index (χ3v) is 3.22. The molecule has 0 radical (unpaired) electrons. The highest BCUT2D eigenvalue weighted by atomic mass is 16.4. The zero-order valence-corrected chi connectivity index (χ0v) is 11.8. The fourth-order valence-electron chi connectivity index (χ4n) is 2.20. The third kappa shape index (κ3) is 3.68. The van der Waals surface area contributed by atoms with Crippen LogP contribution in [0.5, 0.6) is 0 Å². The largest absolute Gasteiger partial charge is 0.478 e. The number of hydrogen-bond acceptors (Lipinski definition) is 3. The van der Waals surface area contributed by atoms with Crippen molar-refractivity contribution < 1.29 is 9.90 Å². The van der Waals surface area contributed by atoms with Gasteiger partial charge in [-0.3, -0.25) is 4.68 Å². The molecule has 106 valence electrons. The van der Waals surface area contributed by atoms with E-state index in [9.17, 15) is 4.79 Å². The minimum atomic E-state index is -0.865. The molecule has 0 aliphatic carbocycles. The van der Waals surface area contributed by atoms with Crippen molar-refractivity contribution in [2.75, 3.05) is 13.6 Å². The molecule has 0 amide bonds. The van der Waals surface area contributed by atoms with Crippen LogP contribution < -0.4 is 0 Å². The number of hydrogen-bond donors (Lipinski definition) is 1. The quantitative estimate of drug-likeness (QED) is 0.872. The second-order valence-corrected chi connectivity index (χ2v) is 4.97. The monoisotopic (exact) mass is 273 g/mol. The molecule has 1 aromatic carbocycles. The van der Waals surface area contributed by atoms with Gasteiger partial charge < -0.3 is 10.0 Å². The topological polar surface area (TPSA) is 58.4 Å². The molecule has 5 heteroatoms. The van der Waals surface area contributed by atoms with E-state index in [4.69, 9.17) is 5.11 Å². The van der Waals surface area contributed by atoms with Crippen molar-refractivity contribution in [3.8, 4) is 0 Å². The molecule has 0 fully saturated rings. The Kier molecular flexibility index (Phi) is 4.53. The van der Waals surface area contributed by atoms with Crippen LogP contribution in [-0.2, 0) is 20.0 Å². The summed E-state index contributed by atoms with van der Waals surface area (Å²) in [6, 6.07) is 7.16. The Balaban J connectivity index is 1.93. The average Bonchev–Trinajstić information content (AvgIpc) is 2.82. The lowest BCUT2D eigenvalue weighted by Crippen LogP contribution is -2.21. The lowest BCUT2D eigenvalue weighted by Gasteiger charge is -2.16. The fourth-order valence-corrected chi connectivity index (χ4v) is 2.20. The zero-order valence-electron chi connectivity index (χ0n) is 11.8. The Morgan fingerprint density at radius 2 is 2.15 bits per heavy atom. The first-order valence-electron chi connectivity index (χ1n) is 6.53. The first-order chi connectivity index (χ1) is 9.56. The van der Waals surface area contributed by atoms with Gasteiger partial charge in [0.2, 0.25) is 0 Å². The van der Waals surface area contributed by atoms with Crippen molar-refractivity contribution in [1.82, 2.24) is 14.7 Å². The summed E-state index contributed by atoms with van der Waals surface area (Å²) in [6.07, 6.45) is 4.56. The molecular formula is C15H19N3O2. The van der Waals surface area contributed by atoms with Crippen LogP contribution in [0, 0.1) is 0 Å². The summed E-state index contributed by atoms with van der Waals surface area (Å²) in [5, 5.41) is 13.3. The van der Waals surface area contributed by atoms with E-state index in [1.165, 1.54) is 0 Å². The van der Waals surface area contributed by atoms with Crippen molar-refractivity contribution in [2.24, 2.45) is 7.05 Å². The van der Waals surface area contributed by atoms with Crippen LogP contribution in [0.15, 0.2) is 36.7 Å². The third-order valence-electron chi connectivity index (χ3n) is 3.22. The number of aromatic carboxylic acids is 1. The summed E-state index contributed by atoms with van der Waals surface area (Å²) in [4.78, 5) is 13.3. The van der Waals surface area contributed by atoms with Crippen LogP contribution in [0.2, 0.25) is 0 Å². The molecule has 1 aromatic heterocycles. The Morgan fingerprint density at radius 3 is 2.80 bits per heavy atom. The zero-order chi connectivity index (χ0) is 14.5. The average molecular weight is 273 g/mol. The molecule has 0 bridgehead atoms. The van der Waals surface area contributed by atoms with Gasteiger partial charge in [-0.15, -0.1) is 0 Å². The predicted octanol–water partition coefficient (Wildman–Crippen LogP) is 1.79. The van der Waals surface area contributed by atoms with Gasteiger partial charge in [0.25, 0.3) is 0 Å². The number of aromatic nitrogens is 2. The molecule has 0 aliphatic heterocycles. The molecule has 2 aromatic rings. The van der Waals surface area contributed by atoms with E-state index in [1.807, 2.05) is 38.6 Å². The molecule has 0 saturated heterocycles. The van der Waals surface area contributed by atoms with Crippen molar-refractivity contribution in [3.05, 3.63) is 53.3 Å². The number of carboxylic acids is 1. The lowest BCUT2D eigenvalue weighted by atomic mass is 10.0. The normalized spacial score (nSPS) is 10.9. The van der Waals surface area contributed by atoms with Crippen molar-refractivity contribution in [3.63, 3.8) is 0 Å². The molecule has 0 unspecified atom stereocenters. The number of carboxylic acid groups (broad SMARTS) is 1. The number of benzene rings is 1. The number of rotatable bonds is 6. The molecule has 1 heterocycles. The number of aryl methyl sites for hydroxylation is 1. The van der Waals surface area contributed by atoms with Crippen LogP contribution in [-0.4, -0.2) is 39.3 Å². The smallest absolute Gasteiger partial charge is 0.335 e. The second kappa shape index (κ2) is 6.34. The first-order valence-corrected chi connectivity index (χ1v) is 6.53. The molecular weight excluding hydrogens is 254 g/mol. The van der Waals surface area contributed by atoms with Crippen LogP contribution >= 0.6 is 0 Å². The summed E-state index contributed by atoms with van der Waals surface area (Å²) in [5.41, 5.74) is 2.42. The van der Waals surface area contributed by atoms with Gasteiger partial charge in [0.05, 0.1) is 11.8 Å². The summed E-state index contributed by atoms with van der Waals surface area (Å²) in [5.74, 6) is -0.865. The minimum absolute atomic E-state index is 0.391. The summed E-state index contributed by atoms with van der Waals surface area (Å²) >= 11 is 0. The van der Waals surface area contributed by atoms with E-state index in [-0.39, 0.29) is 0 Å². The molecule has 1 N–H and O–H groups in total. The molecule has 0 saturated carbocycles. The molecule has 5 nitrogen and oxygen atoms in total. The minimum Gasteiger partial charge on any atom is -0.478 e. The summed E-state index contributed by atoms with van der Waals surface area (Å²) in [7, 11) is 3.92. The van der Waals surface area contributed by atoms with Gasteiger partial charge in [-0.05, 0) is 25.1 Å². The van der Waals surface area contributed by atoms with E-state index >= 15 is 0 Å². The highest BCUT2D eigenvalue weighted by molar-refractivity contribution is 5.89. The van der Waals surface area contributed by atoms with E-state index in [2.05, 4.69) is 10.00 Å². The maximum absolute atomic E-state index is 11.1. The van der Waals surface area contributed by atoms with Crippen molar-refractivity contribution >= 4 is 5.97 Å². The molecule has 0 atom stereocenters. The van der Waals surface area contributed by atoms with Crippen molar-refractivity contribution in [2.45, 2.75) is 13.0 Å². The lowest BCUT2D eigenvalue weighted by molar-refractivity contribution is 0.0695. The van der Waals surface area contributed by atoms with Crippen LogP contribution in [0.4, 0.5) is 0 Å². The highest BCUT2D eigenvalue weighted by Crippen LogP contribution is 2.11. The molecule has 2 rings (SSSR count). The van der Waals surface area contributed by atoms with Gasteiger partial charge in [-0.25, -0.2) is 4.79 Å². The standard InChI is InChI=1S/C15H19N3O2/c1-17(10-12-9-16-18(2)11-12)8-7-13-5-3-4-6-14(13)15(19)20/h3-6,9,11H,7-8,10H2,1-2H3,(H,19,20). The second-order valence-electron chi connectivity index (χ2n) is 4.97. The van der Waals surface area contributed by atoms with E-state index < -0.39 is 5.97 Å². The maximum Gasteiger partial charge on any atom is 0.335 e. The van der Waals surface area contributed by atoms with Gasteiger partial charge in [0, 0.05) is 31.9 Å². The van der Waals surface area contributed by atoms with Gasteiger partial charge in [0.1, 0.15) is 0 Å².